The zero-order valence-corrected chi connectivity index (χ0v) is 11.8. The molecule has 7 heteroatoms. The molecule has 1 atom stereocenters. The first-order chi connectivity index (χ1) is 8.38. The highest BCUT2D eigenvalue weighted by Crippen LogP contribution is 2.30. The van der Waals surface area contributed by atoms with Crippen LogP contribution in [0, 0.1) is 10.1 Å². The monoisotopic (exact) mass is 275 g/mol. The normalized spacial score (nSPS) is 13.0. The topological polar surface area (TPSA) is 70.2 Å². The smallest absolute Gasteiger partial charge is 0.313 e. The lowest BCUT2D eigenvalue weighted by Crippen LogP contribution is -2.14. The molecule has 0 aliphatic heterocycles. The molecular weight excluding hydrogens is 258 g/mol. The van der Waals surface area contributed by atoms with Crippen molar-refractivity contribution >= 4 is 17.3 Å². The molecule has 0 aliphatic carbocycles. The molecule has 0 aromatic carbocycles. The molecule has 0 spiro atoms. The fraction of sp³-hybridized carbons (Fsp3) is 0.727. The zero-order chi connectivity index (χ0) is 13.9. The number of nitrogens with zero attached hydrogens (tertiary/aromatic N) is 3. The molecule has 102 valence electrons. The van der Waals surface area contributed by atoms with E-state index >= 15 is 0 Å². The van der Waals surface area contributed by atoms with Gasteiger partial charge in [0.15, 0.2) is 0 Å². The van der Waals surface area contributed by atoms with Crippen molar-refractivity contribution in [1.82, 2.24) is 9.78 Å². The SMILES string of the molecule is COCC(Cl)Cc1c([N+](=O)[O-])c(C(C)C)nn1C. The van der Waals surface area contributed by atoms with Crippen molar-refractivity contribution in [2.24, 2.45) is 7.05 Å². The van der Waals surface area contributed by atoms with Crippen LogP contribution in [-0.2, 0) is 18.2 Å². The number of aryl methyl sites for hydroxylation is 1. The Kier molecular flexibility index (Phi) is 5.10. The third kappa shape index (κ3) is 3.20. The van der Waals surface area contributed by atoms with Crippen LogP contribution in [0.2, 0.25) is 0 Å². The molecule has 0 N–H and O–H groups in total. The van der Waals surface area contributed by atoms with Gasteiger partial charge in [0.05, 0.1) is 16.9 Å². The largest absolute Gasteiger partial charge is 0.383 e. The molecule has 0 aliphatic rings. The van der Waals surface area contributed by atoms with Crippen LogP contribution < -0.4 is 0 Å². The Hall–Kier alpha value is -1.14. The average molecular weight is 276 g/mol. The quantitative estimate of drug-likeness (QED) is 0.453. The van der Waals surface area contributed by atoms with Crippen molar-refractivity contribution in [3.8, 4) is 0 Å². The van der Waals surface area contributed by atoms with Crippen molar-refractivity contribution < 1.29 is 9.66 Å². The van der Waals surface area contributed by atoms with Crippen molar-refractivity contribution in [1.29, 1.82) is 0 Å². The minimum atomic E-state index is -0.381. The van der Waals surface area contributed by atoms with E-state index in [0.29, 0.717) is 24.4 Å². The van der Waals surface area contributed by atoms with Gasteiger partial charge in [0, 0.05) is 26.5 Å². The lowest BCUT2D eigenvalue weighted by atomic mass is 10.1. The second-order valence-corrected chi connectivity index (χ2v) is 5.09. The Bertz CT molecular complexity index is 431. The third-order valence-electron chi connectivity index (χ3n) is 2.66. The van der Waals surface area contributed by atoms with Gasteiger partial charge in [0.2, 0.25) is 0 Å². The summed E-state index contributed by atoms with van der Waals surface area (Å²) in [6, 6.07) is 0. The predicted octanol–water partition coefficient (Wildman–Crippen LogP) is 2.25. The van der Waals surface area contributed by atoms with Crippen LogP contribution in [0.25, 0.3) is 0 Å². The molecule has 0 amide bonds. The van der Waals surface area contributed by atoms with Gasteiger partial charge < -0.3 is 4.74 Å². The van der Waals surface area contributed by atoms with Gasteiger partial charge in [-0.25, -0.2) is 0 Å². The molecular formula is C11H18ClN3O3. The molecule has 0 bridgehead atoms. The van der Waals surface area contributed by atoms with E-state index in [1.165, 1.54) is 0 Å². The Morgan fingerprint density at radius 1 is 1.56 bits per heavy atom. The third-order valence-corrected chi connectivity index (χ3v) is 2.94. The zero-order valence-electron chi connectivity index (χ0n) is 11.0. The van der Waals surface area contributed by atoms with E-state index in [0.717, 1.165) is 0 Å². The Morgan fingerprint density at radius 3 is 2.61 bits per heavy atom. The summed E-state index contributed by atoms with van der Waals surface area (Å²) in [5.74, 6) is 0.00144. The van der Waals surface area contributed by atoms with Gasteiger partial charge in [-0.3, -0.25) is 14.8 Å². The maximum absolute atomic E-state index is 11.2. The molecule has 0 radical (unpaired) electrons. The van der Waals surface area contributed by atoms with Crippen LogP contribution in [0.5, 0.6) is 0 Å². The lowest BCUT2D eigenvalue weighted by Gasteiger charge is -2.07. The van der Waals surface area contributed by atoms with Gasteiger partial charge in [0.1, 0.15) is 11.4 Å². The number of ether oxygens (including phenoxy) is 1. The summed E-state index contributed by atoms with van der Waals surface area (Å²) in [6.07, 6.45) is 0.363. The van der Waals surface area contributed by atoms with Crippen LogP contribution in [-0.4, -0.2) is 33.8 Å². The van der Waals surface area contributed by atoms with Crippen molar-refractivity contribution in [2.75, 3.05) is 13.7 Å². The van der Waals surface area contributed by atoms with E-state index in [2.05, 4.69) is 5.10 Å². The molecule has 0 saturated heterocycles. The highest BCUT2D eigenvalue weighted by molar-refractivity contribution is 6.20. The van der Waals surface area contributed by atoms with E-state index < -0.39 is 0 Å². The number of hydrogen-bond donors (Lipinski definition) is 0. The first-order valence-corrected chi connectivity index (χ1v) is 6.15. The molecule has 0 fully saturated rings. The Morgan fingerprint density at radius 2 is 2.17 bits per heavy atom. The Labute approximate surface area is 111 Å². The first kappa shape index (κ1) is 14.9. The molecule has 1 heterocycles. The summed E-state index contributed by atoms with van der Waals surface area (Å²) in [6.45, 7) is 4.11. The van der Waals surface area contributed by atoms with E-state index in [4.69, 9.17) is 16.3 Å². The van der Waals surface area contributed by atoms with Gasteiger partial charge in [-0.15, -0.1) is 11.6 Å². The van der Waals surface area contributed by atoms with E-state index in [-0.39, 0.29) is 21.9 Å². The van der Waals surface area contributed by atoms with Crippen LogP contribution in [0.3, 0.4) is 0 Å². The lowest BCUT2D eigenvalue weighted by molar-refractivity contribution is -0.386. The van der Waals surface area contributed by atoms with Crippen LogP contribution in [0.1, 0.15) is 31.2 Å². The molecule has 18 heavy (non-hydrogen) atoms. The van der Waals surface area contributed by atoms with Crippen LogP contribution in [0.4, 0.5) is 5.69 Å². The van der Waals surface area contributed by atoms with Gasteiger partial charge in [-0.2, -0.15) is 5.10 Å². The van der Waals surface area contributed by atoms with Gasteiger partial charge >= 0.3 is 5.69 Å². The van der Waals surface area contributed by atoms with Gasteiger partial charge in [-0.1, -0.05) is 13.8 Å². The summed E-state index contributed by atoms with van der Waals surface area (Å²) in [5.41, 5.74) is 1.12. The van der Waals surface area contributed by atoms with Crippen molar-refractivity contribution in [3.63, 3.8) is 0 Å². The van der Waals surface area contributed by atoms with E-state index in [1.807, 2.05) is 13.8 Å². The standard InChI is InChI=1S/C11H18ClN3O3/c1-7(2)10-11(15(16)17)9(14(3)13-10)5-8(12)6-18-4/h7-8H,5-6H2,1-4H3. The van der Waals surface area contributed by atoms with E-state index in [1.54, 1.807) is 18.8 Å². The van der Waals surface area contributed by atoms with Crippen molar-refractivity contribution in [2.45, 2.75) is 31.6 Å². The minimum absolute atomic E-state index is 0.00144. The molecule has 1 unspecified atom stereocenters. The summed E-state index contributed by atoms with van der Waals surface area (Å²) in [4.78, 5) is 10.8. The second-order valence-electron chi connectivity index (χ2n) is 4.47. The second kappa shape index (κ2) is 6.15. The van der Waals surface area contributed by atoms with Crippen LogP contribution in [0.15, 0.2) is 0 Å². The van der Waals surface area contributed by atoms with Crippen molar-refractivity contribution in [3.05, 3.63) is 21.5 Å². The number of nitro groups is 1. The van der Waals surface area contributed by atoms with Gasteiger partial charge in [-0.05, 0) is 0 Å². The molecule has 0 saturated carbocycles. The fourth-order valence-corrected chi connectivity index (χ4v) is 2.11. The summed E-state index contributed by atoms with van der Waals surface area (Å²) >= 11 is 6.06. The highest BCUT2D eigenvalue weighted by atomic mass is 35.5. The first-order valence-electron chi connectivity index (χ1n) is 5.71. The fourth-order valence-electron chi connectivity index (χ4n) is 1.84. The molecule has 6 nitrogen and oxygen atoms in total. The summed E-state index contributed by atoms with van der Waals surface area (Å²) in [5, 5.41) is 15.1. The maximum atomic E-state index is 11.2. The average Bonchev–Trinajstić information content (AvgIpc) is 2.57. The molecule has 1 aromatic heterocycles. The maximum Gasteiger partial charge on any atom is 0.313 e. The number of rotatable bonds is 6. The molecule has 1 aromatic rings. The van der Waals surface area contributed by atoms with Crippen LogP contribution >= 0.6 is 11.6 Å². The summed E-state index contributed by atoms with van der Waals surface area (Å²) < 4.78 is 6.48. The van der Waals surface area contributed by atoms with Gasteiger partial charge in [0.25, 0.3) is 0 Å². The number of methoxy groups -OCH3 is 1. The number of hydrogen-bond acceptors (Lipinski definition) is 4. The number of halogens is 1. The summed E-state index contributed by atoms with van der Waals surface area (Å²) in [7, 11) is 3.25. The predicted molar refractivity (Wildman–Crippen MR) is 69.2 cm³/mol. The molecule has 1 rings (SSSR count). The number of aromatic nitrogens is 2. The Balaban J connectivity index is 3.13. The minimum Gasteiger partial charge on any atom is -0.383 e. The number of alkyl halides is 1. The van der Waals surface area contributed by atoms with E-state index in [9.17, 15) is 10.1 Å². The highest BCUT2D eigenvalue weighted by Gasteiger charge is 2.29.